The highest BCUT2D eigenvalue weighted by Gasteiger charge is 2.27. The average Bonchev–Trinajstić information content (AvgIpc) is 3.30. The van der Waals surface area contributed by atoms with Crippen molar-refractivity contribution in [3.05, 3.63) is 101 Å². The zero-order valence-corrected chi connectivity index (χ0v) is 19.5. The fourth-order valence-electron chi connectivity index (χ4n) is 4.20. The van der Waals surface area contributed by atoms with E-state index >= 15 is 0 Å². The van der Waals surface area contributed by atoms with Gasteiger partial charge in [0.05, 0.1) is 22.1 Å². The van der Waals surface area contributed by atoms with E-state index in [0.717, 1.165) is 22.5 Å². The van der Waals surface area contributed by atoms with Gasteiger partial charge in [0.2, 0.25) is 0 Å². The average molecular weight is 475 g/mol. The van der Waals surface area contributed by atoms with E-state index in [1.807, 2.05) is 60.4 Å². The zero-order chi connectivity index (χ0) is 23.7. The molecule has 1 aliphatic heterocycles. The van der Waals surface area contributed by atoms with Crippen LogP contribution in [-0.2, 0) is 0 Å². The normalized spacial score (nSPS) is 13.9. The van der Waals surface area contributed by atoms with Crippen LogP contribution in [0.3, 0.4) is 0 Å². The summed E-state index contributed by atoms with van der Waals surface area (Å²) >= 11 is 6.37. The summed E-state index contributed by atoms with van der Waals surface area (Å²) in [7, 11) is 0. The maximum Gasteiger partial charge on any atom is 0.272 e. The van der Waals surface area contributed by atoms with Gasteiger partial charge in [-0.15, -0.1) is 0 Å². The number of hydrogen-bond donors (Lipinski definition) is 0. The van der Waals surface area contributed by atoms with Crippen molar-refractivity contribution in [2.24, 2.45) is 0 Å². The number of halogens is 2. The molecule has 1 aliphatic rings. The number of aryl methyl sites for hydroxylation is 1. The van der Waals surface area contributed by atoms with Crippen molar-refractivity contribution >= 4 is 23.2 Å². The van der Waals surface area contributed by atoms with Crippen molar-refractivity contribution in [2.45, 2.75) is 6.92 Å². The summed E-state index contributed by atoms with van der Waals surface area (Å²) in [5, 5.41) is 5.43. The molecule has 0 atom stereocenters. The van der Waals surface area contributed by atoms with Crippen LogP contribution in [0.25, 0.3) is 16.9 Å². The molecule has 34 heavy (non-hydrogen) atoms. The molecule has 1 fully saturated rings. The van der Waals surface area contributed by atoms with Gasteiger partial charge in [-0.05, 0) is 61.5 Å². The Morgan fingerprint density at radius 1 is 0.912 bits per heavy atom. The second-order valence-corrected chi connectivity index (χ2v) is 8.81. The van der Waals surface area contributed by atoms with Gasteiger partial charge in [0.1, 0.15) is 11.5 Å². The molecule has 7 heteroatoms. The van der Waals surface area contributed by atoms with Crippen LogP contribution in [0.15, 0.2) is 78.9 Å². The third kappa shape index (κ3) is 4.41. The first-order valence-corrected chi connectivity index (χ1v) is 11.6. The Kier molecular flexibility index (Phi) is 6.07. The first kappa shape index (κ1) is 22.2. The van der Waals surface area contributed by atoms with Crippen LogP contribution in [0.1, 0.15) is 16.1 Å². The van der Waals surface area contributed by atoms with Gasteiger partial charge < -0.3 is 9.80 Å². The summed E-state index contributed by atoms with van der Waals surface area (Å²) in [5.41, 5.74) is 4.77. The SMILES string of the molecule is Cc1ccc(-n2nc(-c3ccc(F)cc3)cc2C(=O)N2CCN(c3ccccc3Cl)CC2)cc1. The highest BCUT2D eigenvalue weighted by atomic mass is 35.5. The Balaban J connectivity index is 1.43. The first-order valence-electron chi connectivity index (χ1n) is 11.2. The van der Waals surface area contributed by atoms with Gasteiger partial charge in [-0.1, -0.05) is 41.4 Å². The number of piperazine rings is 1. The topological polar surface area (TPSA) is 41.4 Å². The molecule has 0 radical (unpaired) electrons. The van der Waals surface area contributed by atoms with E-state index in [9.17, 15) is 9.18 Å². The van der Waals surface area contributed by atoms with Gasteiger partial charge in [0.25, 0.3) is 5.91 Å². The van der Waals surface area contributed by atoms with Crippen LogP contribution in [0, 0.1) is 12.7 Å². The molecule has 0 unspecified atom stereocenters. The summed E-state index contributed by atoms with van der Waals surface area (Å²) in [4.78, 5) is 17.7. The van der Waals surface area contributed by atoms with Crippen molar-refractivity contribution in [1.29, 1.82) is 0 Å². The number of carbonyl (C=O) groups excluding carboxylic acids is 1. The van der Waals surface area contributed by atoms with Gasteiger partial charge in [-0.2, -0.15) is 5.10 Å². The van der Waals surface area contributed by atoms with Crippen molar-refractivity contribution in [2.75, 3.05) is 31.1 Å². The van der Waals surface area contributed by atoms with E-state index in [1.54, 1.807) is 22.9 Å². The number of benzene rings is 3. The van der Waals surface area contributed by atoms with Crippen LogP contribution in [-0.4, -0.2) is 46.8 Å². The monoisotopic (exact) mass is 474 g/mol. The van der Waals surface area contributed by atoms with Gasteiger partial charge in [0, 0.05) is 31.7 Å². The quantitative estimate of drug-likeness (QED) is 0.386. The molecule has 1 saturated heterocycles. The fraction of sp³-hybridized carbons (Fsp3) is 0.185. The summed E-state index contributed by atoms with van der Waals surface area (Å²) in [6.45, 7) is 4.56. The predicted molar refractivity (Wildman–Crippen MR) is 133 cm³/mol. The molecule has 0 saturated carbocycles. The second kappa shape index (κ2) is 9.31. The maximum atomic E-state index is 13.6. The van der Waals surface area contributed by atoms with Gasteiger partial charge in [-0.3, -0.25) is 4.79 Å². The van der Waals surface area contributed by atoms with Gasteiger partial charge in [0.15, 0.2) is 0 Å². The number of hydrogen-bond acceptors (Lipinski definition) is 3. The molecule has 0 spiro atoms. The van der Waals surface area contributed by atoms with E-state index < -0.39 is 0 Å². The standard InChI is InChI=1S/C27H24ClFN4O/c1-19-6-12-22(13-7-19)33-26(18-24(30-33)20-8-10-21(29)11-9-20)27(34)32-16-14-31(15-17-32)25-5-3-2-4-23(25)28/h2-13,18H,14-17H2,1H3. The Bertz CT molecular complexity index is 1310. The van der Waals surface area contributed by atoms with Crippen molar-refractivity contribution in [3.63, 3.8) is 0 Å². The smallest absolute Gasteiger partial charge is 0.272 e. The lowest BCUT2D eigenvalue weighted by atomic mass is 10.1. The van der Waals surface area contributed by atoms with Crippen molar-refractivity contribution < 1.29 is 9.18 Å². The molecular formula is C27H24ClFN4O. The van der Waals surface area contributed by atoms with Crippen LogP contribution in [0.5, 0.6) is 0 Å². The molecular weight excluding hydrogens is 451 g/mol. The summed E-state index contributed by atoms with van der Waals surface area (Å²) in [5.74, 6) is -0.394. The first-order chi connectivity index (χ1) is 16.5. The highest BCUT2D eigenvalue weighted by molar-refractivity contribution is 6.33. The molecule has 0 bridgehead atoms. The minimum absolute atomic E-state index is 0.0831. The minimum atomic E-state index is -0.311. The molecule has 0 N–H and O–H groups in total. The summed E-state index contributed by atoms with van der Waals surface area (Å²) in [6, 6.07) is 23.6. The van der Waals surface area contributed by atoms with Crippen molar-refractivity contribution in [1.82, 2.24) is 14.7 Å². The van der Waals surface area contributed by atoms with E-state index in [4.69, 9.17) is 16.7 Å². The zero-order valence-electron chi connectivity index (χ0n) is 18.8. The van der Waals surface area contributed by atoms with Crippen molar-refractivity contribution in [3.8, 4) is 16.9 Å². The number of para-hydroxylation sites is 1. The van der Waals surface area contributed by atoms with E-state index in [2.05, 4.69) is 4.90 Å². The lowest BCUT2D eigenvalue weighted by Gasteiger charge is -2.36. The highest BCUT2D eigenvalue weighted by Crippen LogP contribution is 2.27. The lowest BCUT2D eigenvalue weighted by Crippen LogP contribution is -2.49. The van der Waals surface area contributed by atoms with Gasteiger partial charge in [-0.25, -0.2) is 9.07 Å². The number of aromatic nitrogens is 2. The van der Waals surface area contributed by atoms with E-state index in [1.165, 1.54) is 12.1 Å². The number of nitrogens with zero attached hydrogens (tertiary/aromatic N) is 4. The van der Waals surface area contributed by atoms with Crippen LogP contribution >= 0.6 is 11.6 Å². The summed E-state index contributed by atoms with van der Waals surface area (Å²) < 4.78 is 15.1. The molecule has 2 heterocycles. The fourth-order valence-corrected chi connectivity index (χ4v) is 4.45. The number of rotatable bonds is 4. The third-order valence-corrected chi connectivity index (χ3v) is 6.43. The van der Waals surface area contributed by atoms with Crippen LogP contribution < -0.4 is 4.90 Å². The predicted octanol–water partition coefficient (Wildman–Crippen LogP) is 5.60. The van der Waals surface area contributed by atoms with E-state index in [0.29, 0.717) is 42.6 Å². The molecule has 1 amide bonds. The second-order valence-electron chi connectivity index (χ2n) is 8.40. The Morgan fingerprint density at radius 2 is 1.59 bits per heavy atom. The number of carbonyl (C=O) groups is 1. The molecule has 3 aromatic carbocycles. The Morgan fingerprint density at radius 3 is 2.26 bits per heavy atom. The molecule has 5 nitrogen and oxygen atoms in total. The van der Waals surface area contributed by atoms with Gasteiger partial charge >= 0.3 is 0 Å². The third-order valence-electron chi connectivity index (χ3n) is 6.11. The molecule has 172 valence electrons. The Labute approximate surface area is 203 Å². The van der Waals surface area contributed by atoms with Crippen LogP contribution in [0.4, 0.5) is 10.1 Å². The number of amides is 1. The Hall–Kier alpha value is -3.64. The molecule has 4 aromatic rings. The van der Waals surface area contributed by atoms with E-state index in [-0.39, 0.29) is 11.7 Å². The molecule has 1 aromatic heterocycles. The minimum Gasteiger partial charge on any atom is -0.367 e. The maximum absolute atomic E-state index is 13.6. The largest absolute Gasteiger partial charge is 0.367 e. The molecule has 5 rings (SSSR count). The lowest BCUT2D eigenvalue weighted by molar-refractivity contribution is 0.0737. The molecule has 0 aliphatic carbocycles. The number of anilines is 1. The summed E-state index contributed by atoms with van der Waals surface area (Å²) in [6.07, 6.45) is 0. The van der Waals surface area contributed by atoms with Crippen LogP contribution in [0.2, 0.25) is 5.02 Å².